The highest BCUT2D eigenvalue weighted by Gasteiger charge is 2.16. The van der Waals surface area contributed by atoms with E-state index in [1.807, 2.05) is 13.0 Å². The fraction of sp³-hybridized carbons (Fsp3) is 0.125. The fourth-order valence-corrected chi connectivity index (χ4v) is 3.33. The number of aromatic nitrogens is 2. The SMILES string of the molecule is COc1ccc2oc(=O)n(-c3[c]ccc4sc(C)nc34)c2c1. The highest BCUT2D eigenvalue weighted by atomic mass is 32.1. The number of oxazole rings is 1. The zero-order valence-electron chi connectivity index (χ0n) is 11.9. The minimum atomic E-state index is -0.461. The third-order valence-corrected chi connectivity index (χ3v) is 4.39. The molecule has 0 N–H and O–H groups in total. The summed E-state index contributed by atoms with van der Waals surface area (Å²) < 4.78 is 13.0. The van der Waals surface area contributed by atoms with Crippen molar-refractivity contribution >= 4 is 32.7 Å². The van der Waals surface area contributed by atoms with Crippen LogP contribution < -0.4 is 10.5 Å². The predicted octanol–water partition coefficient (Wildman–Crippen LogP) is 3.31. The first-order valence-electron chi connectivity index (χ1n) is 6.65. The van der Waals surface area contributed by atoms with Gasteiger partial charge >= 0.3 is 5.76 Å². The molecule has 22 heavy (non-hydrogen) atoms. The number of aryl methyl sites for hydroxylation is 1. The second-order valence-electron chi connectivity index (χ2n) is 4.81. The first-order chi connectivity index (χ1) is 10.7. The quantitative estimate of drug-likeness (QED) is 0.570. The molecule has 5 nitrogen and oxygen atoms in total. The van der Waals surface area contributed by atoms with Gasteiger partial charge in [-0.1, -0.05) is 6.07 Å². The van der Waals surface area contributed by atoms with E-state index in [1.54, 1.807) is 42.7 Å². The van der Waals surface area contributed by atoms with Gasteiger partial charge in [0, 0.05) is 12.1 Å². The van der Waals surface area contributed by atoms with Gasteiger partial charge in [-0.25, -0.2) is 14.3 Å². The van der Waals surface area contributed by atoms with Gasteiger partial charge in [-0.15, -0.1) is 11.3 Å². The lowest BCUT2D eigenvalue weighted by Crippen LogP contribution is -2.12. The molecule has 6 heteroatoms. The van der Waals surface area contributed by atoms with Gasteiger partial charge in [-0.05, 0) is 25.1 Å². The van der Waals surface area contributed by atoms with E-state index in [0.29, 0.717) is 22.5 Å². The lowest BCUT2D eigenvalue weighted by atomic mass is 10.2. The third kappa shape index (κ3) is 1.84. The first kappa shape index (κ1) is 13.1. The number of fused-ring (bicyclic) bond motifs is 2. The summed E-state index contributed by atoms with van der Waals surface area (Å²) in [5.41, 5.74) is 2.48. The molecule has 0 saturated carbocycles. The van der Waals surface area contributed by atoms with Crippen molar-refractivity contribution in [1.29, 1.82) is 0 Å². The molecule has 4 rings (SSSR count). The Morgan fingerprint density at radius 3 is 3.05 bits per heavy atom. The Bertz CT molecular complexity index is 1060. The maximum atomic E-state index is 12.3. The molecule has 0 fully saturated rings. The Morgan fingerprint density at radius 1 is 1.36 bits per heavy atom. The maximum Gasteiger partial charge on any atom is 0.424 e. The monoisotopic (exact) mass is 311 g/mol. The molecule has 2 heterocycles. The number of hydrogen-bond acceptors (Lipinski definition) is 5. The van der Waals surface area contributed by atoms with Gasteiger partial charge in [-0.2, -0.15) is 0 Å². The predicted molar refractivity (Wildman–Crippen MR) is 85.1 cm³/mol. The Hall–Kier alpha value is -2.60. The molecule has 4 aromatic rings. The number of thiazole rings is 1. The minimum Gasteiger partial charge on any atom is -0.497 e. The number of nitrogens with zero attached hydrogens (tertiary/aromatic N) is 2. The normalized spacial score (nSPS) is 11.4. The van der Waals surface area contributed by atoms with Crippen molar-refractivity contribution in [3.05, 3.63) is 52.0 Å². The number of rotatable bonds is 2. The molecular formula is C16H11N2O3S. The molecule has 1 radical (unpaired) electrons. The van der Waals surface area contributed by atoms with Crippen LogP contribution in [0.25, 0.3) is 27.0 Å². The van der Waals surface area contributed by atoms with Crippen molar-refractivity contribution in [1.82, 2.24) is 9.55 Å². The van der Waals surface area contributed by atoms with Gasteiger partial charge < -0.3 is 9.15 Å². The summed E-state index contributed by atoms with van der Waals surface area (Å²) in [5, 5.41) is 0.939. The lowest BCUT2D eigenvalue weighted by Gasteiger charge is -2.04. The van der Waals surface area contributed by atoms with Crippen molar-refractivity contribution in [2.45, 2.75) is 6.92 Å². The van der Waals surface area contributed by atoms with Gasteiger partial charge in [-0.3, -0.25) is 0 Å². The van der Waals surface area contributed by atoms with Gasteiger partial charge in [0.05, 0.1) is 28.0 Å². The van der Waals surface area contributed by atoms with E-state index in [0.717, 1.165) is 15.2 Å². The molecule has 0 saturated heterocycles. The van der Waals surface area contributed by atoms with Crippen molar-refractivity contribution in [3.8, 4) is 11.4 Å². The molecule has 0 aliphatic heterocycles. The van der Waals surface area contributed by atoms with E-state index >= 15 is 0 Å². The average Bonchev–Trinajstić information content (AvgIpc) is 3.04. The fourth-order valence-electron chi connectivity index (χ4n) is 2.50. The minimum absolute atomic E-state index is 0.461. The molecule has 0 amide bonds. The highest BCUT2D eigenvalue weighted by molar-refractivity contribution is 7.18. The van der Waals surface area contributed by atoms with Gasteiger partial charge in [0.15, 0.2) is 5.58 Å². The summed E-state index contributed by atoms with van der Waals surface area (Å²) in [5.74, 6) is 0.196. The van der Waals surface area contributed by atoms with E-state index < -0.39 is 5.76 Å². The second-order valence-corrected chi connectivity index (χ2v) is 6.04. The molecule has 0 bridgehead atoms. The van der Waals surface area contributed by atoms with E-state index in [9.17, 15) is 4.79 Å². The Balaban J connectivity index is 2.11. The highest BCUT2D eigenvalue weighted by Crippen LogP contribution is 2.29. The van der Waals surface area contributed by atoms with Crippen LogP contribution in [0.1, 0.15) is 5.01 Å². The summed E-state index contributed by atoms with van der Waals surface area (Å²) in [6.45, 7) is 1.94. The molecule has 0 unspecified atom stereocenters. The van der Waals surface area contributed by atoms with Crippen LogP contribution in [0.5, 0.6) is 5.75 Å². The van der Waals surface area contributed by atoms with Crippen LogP contribution in [0.4, 0.5) is 0 Å². The first-order valence-corrected chi connectivity index (χ1v) is 7.47. The Labute approximate surface area is 129 Å². The summed E-state index contributed by atoms with van der Waals surface area (Å²) in [4.78, 5) is 16.8. The van der Waals surface area contributed by atoms with E-state index in [-0.39, 0.29) is 0 Å². The molecule has 109 valence electrons. The van der Waals surface area contributed by atoms with Gasteiger partial charge in [0.2, 0.25) is 0 Å². The summed E-state index contributed by atoms with van der Waals surface area (Å²) in [6.07, 6.45) is 0. The second kappa shape index (κ2) is 4.71. The van der Waals surface area contributed by atoms with Crippen molar-refractivity contribution < 1.29 is 9.15 Å². The number of methoxy groups -OCH3 is 1. The Kier molecular flexibility index (Phi) is 2.80. The molecule has 0 atom stereocenters. The molecule has 2 aromatic carbocycles. The zero-order chi connectivity index (χ0) is 15.3. The molecule has 0 spiro atoms. The van der Waals surface area contributed by atoms with Crippen LogP contribution in [0.15, 0.2) is 39.5 Å². The van der Waals surface area contributed by atoms with Crippen molar-refractivity contribution in [3.63, 3.8) is 0 Å². The molecular weight excluding hydrogens is 300 g/mol. The van der Waals surface area contributed by atoms with Gasteiger partial charge in [0.1, 0.15) is 11.3 Å². The maximum absolute atomic E-state index is 12.3. The van der Waals surface area contributed by atoms with Crippen LogP contribution in [0.3, 0.4) is 0 Å². The van der Waals surface area contributed by atoms with Crippen LogP contribution in [-0.4, -0.2) is 16.7 Å². The van der Waals surface area contributed by atoms with E-state index in [2.05, 4.69) is 11.1 Å². The van der Waals surface area contributed by atoms with Gasteiger partial charge in [0.25, 0.3) is 0 Å². The zero-order valence-corrected chi connectivity index (χ0v) is 12.7. The van der Waals surface area contributed by atoms with Crippen LogP contribution in [-0.2, 0) is 0 Å². The summed E-state index contributed by atoms with van der Waals surface area (Å²) >= 11 is 1.58. The standard InChI is InChI=1S/C16H11N2O3S/c1-9-17-15-11(4-3-5-14(15)22-9)18-12-8-10(20-2)6-7-13(12)21-16(18)19/h3,5-8H,1-2H3. The number of benzene rings is 2. The van der Waals surface area contributed by atoms with Crippen molar-refractivity contribution in [2.24, 2.45) is 0 Å². The number of hydrogen-bond donors (Lipinski definition) is 0. The number of ether oxygens (including phenoxy) is 1. The molecule has 0 aliphatic carbocycles. The summed E-state index contributed by atoms with van der Waals surface area (Å²) in [6, 6.07) is 12.1. The molecule has 2 aromatic heterocycles. The largest absolute Gasteiger partial charge is 0.497 e. The van der Waals surface area contributed by atoms with Crippen LogP contribution >= 0.6 is 11.3 Å². The molecule has 0 aliphatic rings. The smallest absolute Gasteiger partial charge is 0.424 e. The van der Waals surface area contributed by atoms with E-state index in [1.165, 1.54) is 4.57 Å². The topological polar surface area (TPSA) is 57.3 Å². The van der Waals surface area contributed by atoms with Crippen LogP contribution in [0.2, 0.25) is 0 Å². The Morgan fingerprint density at radius 2 is 2.23 bits per heavy atom. The average molecular weight is 311 g/mol. The van der Waals surface area contributed by atoms with Crippen LogP contribution in [0, 0.1) is 13.0 Å². The summed E-state index contributed by atoms with van der Waals surface area (Å²) in [7, 11) is 1.58. The lowest BCUT2D eigenvalue weighted by molar-refractivity contribution is 0.415. The van der Waals surface area contributed by atoms with Crippen molar-refractivity contribution in [2.75, 3.05) is 7.11 Å². The van der Waals surface area contributed by atoms with E-state index in [4.69, 9.17) is 9.15 Å². The third-order valence-electron chi connectivity index (χ3n) is 3.45.